The van der Waals surface area contributed by atoms with E-state index in [4.69, 9.17) is 28.9 Å². The van der Waals surface area contributed by atoms with Gasteiger partial charge in [-0.05, 0) is 37.5 Å². The summed E-state index contributed by atoms with van der Waals surface area (Å²) >= 11 is 11.9. The molecule has 2 rings (SSSR count). The normalized spacial score (nSPS) is 21.0. The van der Waals surface area contributed by atoms with Crippen molar-refractivity contribution in [2.24, 2.45) is 11.7 Å². The molecule has 1 amide bonds. The standard InChI is InChI=1S/C15H20Cl2N2O.ClH/c1-2-19(15(20)11-4-3-5-14(11)18)9-10-6-7-12(16)13(17)8-10;/h6-8,11,14H,2-5,9,18H2,1H3;1H. The minimum absolute atomic E-state index is 0. The molecule has 0 bridgehead atoms. The summed E-state index contributed by atoms with van der Waals surface area (Å²) in [6.07, 6.45) is 2.89. The van der Waals surface area contributed by atoms with Crippen molar-refractivity contribution >= 4 is 41.5 Å². The van der Waals surface area contributed by atoms with Crippen molar-refractivity contribution in [2.75, 3.05) is 6.54 Å². The maximum Gasteiger partial charge on any atom is 0.227 e. The zero-order chi connectivity index (χ0) is 14.7. The Labute approximate surface area is 142 Å². The number of hydrogen-bond acceptors (Lipinski definition) is 2. The van der Waals surface area contributed by atoms with Crippen molar-refractivity contribution in [3.8, 4) is 0 Å². The van der Waals surface area contributed by atoms with Crippen LogP contribution < -0.4 is 5.73 Å². The zero-order valence-corrected chi connectivity index (χ0v) is 14.3. The lowest BCUT2D eigenvalue weighted by Crippen LogP contribution is -2.41. The molecule has 1 aromatic rings. The lowest BCUT2D eigenvalue weighted by atomic mass is 10.0. The van der Waals surface area contributed by atoms with Crippen molar-refractivity contribution < 1.29 is 4.79 Å². The first kappa shape index (κ1) is 18.6. The van der Waals surface area contributed by atoms with Crippen molar-refractivity contribution in [3.63, 3.8) is 0 Å². The monoisotopic (exact) mass is 350 g/mol. The fourth-order valence-electron chi connectivity index (χ4n) is 2.73. The van der Waals surface area contributed by atoms with Gasteiger partial charge in [-0.1, -0.05) is 35.7 Å². The zero-order valence-electron chi connectivity index (χ0n) is 12.0. The number of carbonyl (C=O) groups excluding carboxylic acids is 1. The molecular formula is C15H21Cl3N2O. The van der Waals surface area contributed by atoms with E-state index in [0.29, 0.717) is 23.1 Å². The first-order chi connectivity index (χ1) is 9.52. The van der Waals surface area contributed by atoms with Crippen molar-refractivity contribution in [1.82, 2.24) is 4.90 Å². The molecule has 2 atom stereocenters. The molecule has 118 valence electrons. The number of nitrogens with zero attached hydrogens (tertiary/aromatic N) is 1. The van der Waals surface area contributed by atoms with Crippen molar-refractivity contribution in [1.29, 1.82) is 0 Å². The van der Waals surface area contributed by atoms with E-state index in [0.717, 1.165) is 24.8 Å². The predicted octanol–water partition coefficient (Wildman–Crippen LogP) is 3.89. The lowest BCUT2D eigenvalue weighted by molar-refractivity contribution is -0.136. The lowest BCUT2D eigenvalue weighted by Gasteiger charge is -2.26. The Bertz CT molecular complexity index is 496. The van der Waals surface area contributed by atoms with Gasteiger partial charge in [-0.25, -0.2) is 0 Å². The SMILES string of the molecule is CCN(Cc1ccc(Cl)c(Cl)c1)C(=O)C1CCCC1N.Cl. The molecule has 0 saturated heterocycles. The average Bonchev–Trinajstić information content (AvgIpc) is 2.85. The summed E-state index contributed by atoms with van der Waals surface area (Å²) in [5, 5.41) is 1.05. The molecule has 21 heavy (non-hydrogen) atoms. The second kappa shape index (κ2) is 8.23. The number of benzene rings is 1. The van der Waals surface area contributed by atoms with Crippen LogP contribution in [0.25, 0.3) is 0 Å². The van der Waals surface area contributed by atoms with Crippen LogP contribution in [0.3, 0.4) is 0 Å². The van der Waals surface area contributed by atoms with E-state index in [1.54, 1.807) is 6.07 Å². The Kier molecular flexibility index (Phi) is 7.28. The van der Waals surface area contributed by atoms with E-state index >= 15 is 0 Å². The van der Waals surface area contributed by atoms with Gasteiger partial charge in [-0.2, -0.15) is 0 Å². The first-order valence-corrected chi connectivity index (χ1v) is 7.76. The van der Waals surface area contributed by atoms with Crippen LogP contribution in [0.4, 0.5) is 0 Å². The third kappa shape index (κ3) is 4.49. The first-order valence-electron chi connectivity index (χ1n) is 7.01. The third-order valence-corrected chi connectivity index (χ3v) is 4.68. The van der Waals surface area contributed by atoms with E-state index in [1.807, 2.05) is 24.0 Å². The van der Waals surface area contributed by atoms with Crippen molar-refractivity contribution in [2.45, 2.75) is 38.8 Å². The van der Waals surface area contributed by atoms with E-state index in [-0.39, 0.29) is 30.3 Å². The van der Waals surface area contributed by atoms with Gasteiger partial charge in [0.25, 0.3) is 0 Å². The predicted molar refractivity (Wildman–Crippen MR) is 90.1 cm³/mol. The Hall–Kier alpha value is -0.480. The van der Waals surface area contributed by atoms with Crippen LogP contribution in [0.1, 0.15) is 31.7 Å². The largest absolute Gasteiger partial charge is 0.338 e. The quantitative estimate of drug-likeness (QED) is 0.894. The molecule has 0 heterocycles. The fourth-order valence-corrected chi connectivity index (χ4v) is 3.05. The van der Waals surface area contributed by atoms with Gasteiger partial charge in [0.2, 0.25) is 5.91 Å². The van der Waals surface area contributed by atoms with Gasteiger partial charge in [0.1, 0.15) is 0 Å². The summed E-state index contributed by atoms with van der Waals surface area (Å²) in [6.45, 7) is 3.20. The second-order valence-corrected chi connectivity index (χ2v) is 6.12. The molecule has 1 aliphatic carbocycles. The van der Waals surface area contributed by atoms with E-state index in [9.17, 15) is 4.79 Å². The summed E-state index contributed by atoms with van der Waals surface area (Å²) < 4.78 is 0. The summed E-state index contributed by atoms with van der Waals surface area (Å²) in [5.41, 5.74) is 7.01. The molecular weight excluding hydrogens is 331 g/mol. The van der Waals surface area contributed by atoms with Gasteiger partial charge >= 0.3 is 0 Å². The van der Waals surface area contributed by atoms with E-state index in [1.165, 1.54) is 0 Å². The van der Waals surface area contributed by atoms with E-state index < -0.39 is 0 Å². The Morgan fingerprint density at radius 1 is 1.33 bits per heavy atom. The summed E-state index contributed by atoms with van der Waals surface area (Å²) in [6, 6.07) is 5.48. The Morgan fingerprint density at radius 3 is 2.57 bits per heavy atom. The highest BCUT2D eigenvalue weighted by Gasteiger charge is 2.32. The average molecular weight is 352 g/mol. The molecule has 6 heteroatoms. The molecule has 0 aliphatic heterocycles. The highest BCUT2D eigenvalue weighted by molar-refractivity contribution is 6.42. The van der Waals surface area contributed by atoms with Crippen LogP contribution in [0, 0.1) is 5.92 Å². The summed E-state index contributed by atoms with van der Waals surface area (Å²) in [4.78, 5) is 14.4. The molecule has 0 radical (unpaired) electrons. The second-order valence-electron chi connectivity index (χ2n) is 5.30. The minimum Gasteiger partial charge on any atom is -0.338 e. The molecule has 2 N–H and O–H groups in total. The van der Waals surface area contributed by atoms with Gasteiger partial charge in [0, 0.05) is 19.1 Å². The smallest absolute Gasteiger partial charge is 0.227 e. The third-order valence-electron chi connectivity index (χ3n) is 3.94. The Balaban J connectivity index is 0.00000220. The molecule has 0 spiro atoms. The topological polar surface area (TPSA) is 46.3 Å². The van der Waals surface area contributed by atoms with Crippen LogP contribution in [0.15, 0.2) is 18.2 Å². The number of halogens is 3. The number of amides is 1. The van der Waals surface area contributed by atoms with Crippen LogP contribution >= 0.6 is 35.6 Å². The van der Waals surface area contributed by atoms with Crippen LogP contribution in [0.2, 0.25) is 10.0 Å². The molecule has 1 saturated carbocycles. The van der Waals surface area contributed by atoms with Crippen LogP contribution in [-0.4, -0.2) is 23.4 Å². The number of rotatable bonds is 4. The molecule has 1 fully saturated rings. The molecule has 1 aromatic carbocycles. The molecule has 1 aliphatic rings. The maximum absolute atomic E-state index is 12.5. The molecule has 3 nitrogen and oxygen atoms in total. The summed E-state index contributed by atoms with van der Waals surface area (Å²) in [5.74, 6) is 0.126. The van der Waals surface area contributed by atoms with E-state index in [2.05, 4.69) is 0 Å². The number of nitrogens with two attached hydrogens (primary N) is 1. The number of hydrogen-bond donors (Lipinski definition) is 1. The van der Waals surface area contributed by atoms with Crippen molar-refractivity contribution in [3.05, 3.63) is 33.8 Å². The Morgan fingerprint density at radius 2 is 2.05 bits per heavy atom. The fraction of sp³-hybridized carbons (Fsp3) is 0.533. The highest BCUT2D eigenvalue weighted by Crippen LogP contribution is 2.27. The highest BCUT2D eigenvalue weighted by atomic mass is 35.5. The minimum atomic E-state index is -0.0299. The van der Waals surface area contributed by atoms with Crippen LogP contribution in [-0.2, 0) is 11.3 Å². The van der Waals surface area contributed by atoms with Gasteiger partial charge in [-0.15, -0.1) is 12.4 Å². The van der Waals surface area contributed by atoms with Gasteiger partial charge in [-0.3, -0.25) is 4.79 Å². The molecule has 0 aromatic heterocycles. The van der Waals surface area contributed by atoms with Gasteiger partial charge in [0.05, 0.1) is 16.0 Å². The maximum atomic E-state index is 12.5. The van der Waals surface area contributed by atoms with Crippen LogP contribution in [0.5, 0.6) is 0 Å². The van der Waals surface area contributed by atoms with Gasteiger partial charge < -0.3 is 10.6 Å². The molecule has 2 unspecified atom stereocenters. The number of carbonyl (C=O) groups is 1. The van der Waals surface area contributed by atoms with Gasteiger partial charge in [0.15, 0.2) is 0 Å². The summed E-state index contributed by atoms with van der Waals surface area (Å²) in [7, 11) is 0.